The van der Waals surface area contributed by atoms with Crippen LogP contribution in [-0.2, 0) is 6.18 Å². The van der Waals surface area contributed by atoms with Crippen molar-refractivity contribution in [2.45, 2.75) is 6.18 Å². The van der Waals surface area contributed by atoms with Gasteiger partial charge in [-0.15, -0.1) is 0 Å². The van der Waals surface area contributed by atoms with Crippen molar-refractivity contribution < 1.29 is 17.9 Å². The SMILES string of the molecule is COc1c(-c2ccc(Cl)c(Cl)c2Cl)ccnc1C(F)(F)F. The lowest BCUT2D eigenvalue weighted by molar-refractivity contribution is -0.142. The minimum Gasteiger partial charge on any atom is -0.494 e. The van der Waals surface area contributed by atoms with Gasteiger partial charge in [-0.1, -0.05) is 40.9 Å². The molecule has 2 rings (SSSR count). The van der Waals surface area contributed by atoms with Crippen LogP contribution >= 0.6 is 34.8 Å². The van der Waals surface area contributed by atoms with Crippen LogP contribution in [0.5, 0.6) is 5.75 Å². The van der Waals surface area contributed by atoms with Crippen molar-refractivity contribution in [1.29, 1.82) is 0 Å². The van der Waals surface area contributed by atoms with E-state index in [2.05, 4.69) is 4.98 Å². The first-order chi connectivity index (χ1) is 9.77. The Morgan fingerprint density at radius 2 is 1.67 bits per heavy atom. The number of hydrogen-bond donors (Lipinski definition) is 0. The molecule has 112 valence electrons. The van der Waals surface area contributed by atoms with Gasteiger partial charge in [0.15, 0.2) is 11.4 Å². The molecule has 8 heteroatoms. The van der Waals surface area contributed by atoms with Gasteiger partial charge in [-0.2, -0.15) is 13.2 Å². The second-order valence-corrected chi connectivity index (χ2v) is 5.12. The summed E-state index contributed by atoms with van der Waals surface area (Å²) in [7, 11) is 1.13. The summed E-state index contributed by atoms with van der Waals surface area (Å²) in [4.78, 5) is 3.32. The van der Waals surface area contributed by atoms with Crippen LogP contribution in [0.3, 0.4) is 0 Å². The third-order valence-electron chi connectivity index (χ3n) is 2.70. The number of halogens is 6. The smallest absolute Gasteiger partial charge is 0.437 e. The molecule has 0 spiro atoms. The van der Waals surface area contributed by atoms with Crippen LogP contribution in [0.25, 0.3) is 11.1 Å². The zero-order valence-electron chi connectivity index (χ0n) is 10.4. The predicted molar refractivity (Wildman–Crippen MR) is 76.3 cm³/mol. The number of ether oxygens (including phenoxy) is 1. The molecule has 0 atom stereocenters. The van der Waals surface area contributed by atoms with Crippen LogP contribution in [0.15, 0.2) is 24.4 Å². The molecule has 0 bridgehead atoms. The van der Waals surface area contributed by atoms with Gasteiger partial charge in [0.1, 0.15) is 0 Å². The fourth-order valence-corrected chi connectivity index (χ4v) is 2.44. The summed E-state index contributed by atoms with van der Waals surface area (Å²) in [5, 5.41) is 0.305. The molecule has 0 aliphatic heterocycles. The summed E-state index contributed by atoms with van der Waals surface area (Å²) in [6, 6.07) is 4.27. The van der Waals surface area contributed by atoms with Gasteiger partial charge in [-0.3, -0.25) is 0 Å². The normalized spacial score (nSPS) is 11.6. The van der Waals surface area contributed by atoms with E-state index in [0.717, 1.165) is 13.3 Å². The van der Waals surface area contributed by atoms with E-state index < -0.39 is 17.6 Å². The van der Waals surface area contributed by atoms with E-state index in [4.69, 9.17) is 39.5 Å². The van der Waals surface area contributed by atoms with E-state index in [-0.39, 0.29) is 26.2 Å². The molecule has 0 unspecified atom stereocenters. The largest absolute Gasteiger partial charge is 0.494 e. The Labute approximate surface area is 133 Å². The maximum Gasteiger partial charge on any atom is 0.437 e. The molecule has 0 fully saturated rings. The molecule has 0 radical (unpaired) electrons. The third-order valence-corrected chi connectivity index (χ3v) is 4.00. The molecule has 0 saturated heterocycles. The van der Waals surface area contributed by atoms with E-state index >= 15 is 0 Å². The van der Waals surface area contributed by atoms with E-state index in [9.17, 15) is 13.2 Å². The van der Waals surface area contributed by atoms with E-state index in [1.807, 2.05) is 0 Å². The Kier molecular flexibility index (Phi) is 4.56. The van der Waals surface area contributed by atoms with Crippen molar-refractivity contribution in [1.82, 2.24) is 4.98 Å². The zero-order chi connectivity index (χ0) is 15.8. The molecule has 0 saturated carbocycles. The highest BCUT2D eigenvalue weighted by molar-refractivity contribution is 6.49. The predicted octanol–water partition coefficient (Wildman–Crippen LogP) is 5.74. The number of nitrogens with zero attached hydrogens (tertiary/aromatic N) is 1. The minimum absolute atomic E-state index is 0.0433. The molecule has 0 N–H and O–H groups in total. The first kappa shape index (κ1) is 16.2. The lowest BCUT2D eigenvalue weighted by Gasteiger charge is -2.16. The molecule has 0 aliphatic carbocycles. The van der Waals surface area contributed by atoms with Gasteiger partial charge in [0.05, 0.1) is 22.2 Å². The Bertz CT molecular complexity index is 689. The number of aromatic nitrogens is 1. The van der Waals surface area contributed by atoms with Crippen LogP contribution < -0.4 is 4.74 Å². The number of rotatable bonds is 2. The summed E-state index contributed by atoms with van der Waals surface area (Å²) in [5.41, 5.74) is -0.733. The van der Waals surface area contributed by atoms with E-state index in [1.54, 1.807) is 0 Å². The molecule has 21 heavy (non-hydrogen) atoms. The highest BCUT2D eigenvalue weighted by Gasteiger charge is 2.37. The van der Waals surface area contributed by atoms with Crippen LogP contribution in [0.1, 0.15) is 5.69 Å². The number of alkyl halides is 3. The summed E-state index contributed by atoms with van der Waals surface area (Å²) in [5.74, 6) is -0.426. The molecule has 0 amide bonds. The quantitative estimate of drug-likeness (QED) is 0.640. The van der Waals surface area contributed by atoms with E-state index in [0.29, 0.717) is 0 Å². The standard InChI is InChI=1S/C13H7Cl3F3NO/c1-21-11-7(4-5-20-12(11)13(17,18)19)6-2-3-8(14)10(16)9(6)15/h2-5H,1H3. The highest BCUT2D eigenvalue weighted by atomic mass is 35.5. The maximum atomic E-state index is 13.0. The summed E-state index contributed by atoms with van der Waals surface area (Å²) in [6.07, 6.45) is -3.62. The van der Waals surface area contributed by atoms with Gasteiger partial charge in [0, 0.05) is 17.3 Å². The first-order valence-corrected chi connectivity index (χ1v) is 6.64. The van der Waals surface area contributed by atoms with Crippen molar-refractivity contribution in [3.05, 3.63) is 45.2 Å². The Morgan fingerprint density at radius 1 is 1.00 bits per heavy atom. The second-order valence-electron chi connectivity index (χ2n) is 3.96. The summed E-state index contributed by atoms with van der Waals surface area (Å²) >= 11 is 17.8. The first-order valence-electron chi connectivity index (χ1n) is 5.51. The van der Waals surface area contributed by atoms with Gasteiger partial charge < -0.3 is 4.74 Å². The monoisotopic (exact) mass is 355 g/mol. The number of methoxy groups -OCH3 is 1. The van der Waals surface area contributed by atoms with E-state index in [1.165, 1.54) is 18.2 Å². The van der Waals surface area contributed by atoms with Crippen LogP contribution in [0, 0.1) is 0 Å². The van der Waals surface area contributed by atoms with Crippen molar-refractivity contribution in [3.63, 3.8) is 0 Å². The van der Waals surface area contributed by atoms with Crippen LogP contribution in [-0.4, -0.2) is 12.1 Å². The fourth-order valence-electron chi connectivity index (χ4n) is 1.80. The number of hydrogen-bond acceptors (Lipinski definition) is 2. The maximum absolute atomic E-state index is 13.0. The van der Waals surface area contributed by atoms with Gasteiger partial charge >= 0.3 is 6.18 Å². The van der Waals surface area contributed by atoms with Crippen LogP contribution in [0.4, 0.5) is 13.2 Å². The Hall–Kier alpha value is -1.17. The molecule has 2 aromatic rings. The van der Waals surface area contributed by atoms with Crippen molar-refractivity contribution in [3.8, 4) is 16.9 Å². The number of pyridine rings is 1. The lowest BCUT2D eigenvalue weighted by Crippen LogP contribution is -2.10. The van der Waals surface area contributed by atoms with Crippen LogP contribution in [0.2, 0.25) is 15.1 Å². The van der Waals surface area contributed by atoms with Gasteiger partial charge in [0.25, 0.3) is 0 Å². The number of benzene rings is 1. The topological polar surface area (TPSA) is 22.1 Å². The van der Waals surface area contributed by atoms with Crippen molar-refractivity contribution in [2.24, 2.45) is 0 Å². The van der Waals surface area contributed by atoms with Gasteiger partial charge in [0.2, 0.25) is 0 Å². The molecule has 2 nitrogen and oxygen atoms in total. The van der Waals surface area contributed by atoms with Gasteiger partial charge in [-0.05, 0) is 12.1 Å². The molecular weight excluding hydrogens is 350 g/mol. The Morgan fingerprint density at radius 3 is 2.24 bits per heavy atom. The Balaban J connectivity index is 2.74. The molecule has 1 aromatic carbocycles. The second kappa shape index (κ2) is 5.91. The van der Waals surface area contributed by atoms with Crippen molar-refractivity contribution >= 4 is 34.8 Å². The molecule has 1 heterocycles. The minimum atomic E-state index is -4.65. The zero-order valence-corrected chi connectivity index (χ0v) is 12.7. The lowest BCUT2D eigenvalue weighted by atomic mass is 10.0. The molecule has 1 aromatic heterocycles. The fraction of sp³-hybridized carbons (Fsp3) is 0.154. The molecule has 0 aliphatic rings. The van der Waals surface area contributed by atoms with Gasteiger partial charge in [-0.25, -0.2) is 4.98 Å². The summed E-state index contributed by atoms with van der Waals surface area (Å²) < 4.78 is 43.7. The average molecular weight is 357 g/mol. The summed E-state index contributed by atoms with van der Waals surface area (Å²) in [6.45, 7) is 0. The molecular formula is C13H7Cl3F3NO. The highest BCUT2D eigenvalue weighted by Crippen LogP contribution is 2.44. The third kappa shape index (κ3) is 3.05. The average Bonchev–Trinajstić information content (AvgIpc) is 2.43. The van der Waals surface area contributed by atoms with Crippen molar-refractivity contribution in [2.75, 3.05) is 7.11 Å².